The Morgan fingerprint density at radius 3 is 2.24 bits per heavy atom. The monoisotopic (exact) mass is 523 g/mol. The third kappa shape index (κ3) is 6.57. The molecule has 2 N–H and O–H groups in total. The number of benzene rings is 1. The van der Waals surface area contributed by atoms with Crippen molar-refractivity contribution in [1.29, 1.82) is 0 Å². The summed E-state index contributed by atoms with van der Waals surface area (Å²) in [5.74, 6) is -3.38. The molecule has 0 radical (unpaired) electrons. The molecule has 13 heteroatoms. The highest BCUT2D eigenvalue weighted by Gasteiger charge is 2.39. The highest BCUT2D eigenvalue weighted by molar-refractivity contribution is 6.39. The first-order valence-corrected chi connectivity index (χ1v) is 10.3. The van der Waals surface area contributed by atoms with Crippen LogP contribution in [-0.2, 0) is 15.7 Å². The number of aromatic nitrogens is 1. The van der Waals surface area contributed by atoms with E-state index in [4.69, 9.17) is 27.9 Å². The number of nitrogens with zero attached hydrogens (tertiary/aromatic N) is 1. The predicted octanol–water partition coefficient (Wildman–Crippen LogP) is 5.63. The number of carbonyl (C=O) groups is 3. The summed E-state index contributed by atoms with van der Waals surface area (Å²) < 4.78 is 59.4. The van der Waals surface area contributed by atoms with Crippen LogP contribution in [0.15, 0.2) is 24.4 Å². The lowest BCUT2D eigenvalue weighted by Gasteiger charge is -2.22. The number of rotatable bonds is 5. The van der Waals surface area contributed by atoms with Crippen molar-refractivity contribution in [2.75, 3.05) is 5.32 Å². The molecular weight excluding hydrogens is 505 g/mol. The molecule has 1 heterocycles. The van der Waals surface area contributed by atoms with Gasteiger partial charge in [0.25, 0.3) is 0 Å². The maximum atomic E-state index is 14.3. The van der Waals surface area contributed by atoms with Crippen LogP contribution >= 0.6 is 23.2 Å². The summed E-state index contributed by atoms with van der Waals surface area (Å²) in [4.78, 5) is 40.7. The lowest BCUT2D eigenvalue weighted by molar-refractivity contribution is -0.141. The summed E-state index contributed by atoms with van der Waals surface area (Å²) in [7, 11) is 0. The Morgan fingerprint density at radius 1 is 1.09 bits per heavy atom. The van der Waals surface area contributed by atoms with Gasteiger partial charge in [0.05, 0.1) is 33.1 Å². The quantitative estimate of drug-likeness (QED) is 0.391. The van der Waals surface area contributed by atoms with E-state index in [2.05, 4.69) is 15.6 Å². The average Bonchev–Trinajstić information content (AvgIpc) is 2.65. The highest BCUT2D eigenvalue weighted by Crippen LogP contribution is 2.39. The largest absolute Gasteiger partial charge is 0.444 e. The second-order valence-electron chi connectivity index (χ2n) is 7.99. The van der Waals surface area contributed by atoms with E-state index in [9.17, 15) is 31.9 Å². The first-order valence-electron chi connectivity index (χ1n) is 9.57. The third-order valence-corrected chi connectivity index (χ3v) is 4.77. The van der Waals surface area contributed by atoms with Crippen LogP contribution in [0.2, 0.25) is 10.0 Å². The van der Waals surface area contributed by atoms with Gasteiger partial charge in [-0.15, -0.1) is 0 Å². The molecule has 1 aromatic carbocycles. The second-order valence-corrected chi connectivity index (χ2v) is 8.78. The van der Waals surface area contributed by atoms with Gasteiger partial charge in [0.15, 0.2) is 5.69 Å². The molecule has 0 aliphatic rings. The van der Waals surface area contributed by atoms with Crippen molar-refractivity contribution >= 4 is 46.7 Å². The Morgan fingerprint density at radius 2 is 1.71 bits per heavy atom. The summed E-state index contributed by atoms with van der Waals surface area (Å²) >= 11 is 11.7. The van der Waals surface area contributed by atoms with Crippen LogP contribution in [0.4, 0.5) is 28.0 Å². The molecule has 184 valence electrons. The molecule has 0 spiro atoms. The minimum absolute atomic E-state index is 0.385. The maximum absolute atomic E-state index is 14.3. The van der Waals surface area contributed by atoms with Crippen LogP contribution in [0.3, 0.4) is 0 Å². The number of alkyl carbamates (subject to hydrolysis) is 1. The van der Waals surface area contributed by atoms with Crippen molar-refractivity contribution in [3.8, 4) is 0 Å². The summed E-state index contributed by atoms with van der Waals surface area (Å²) in [5.41, 5.74) is -4.66. The van der Waals surface area contributed by atoms with Crippen LogP contribution in [0.5, 0.6) is 0 Å². The fraction of sp³-hybridized carbons (Fsp3) is 0.333. The van der Waals surface area contributed by atoms with Gasteiger partial charge < -0.3 is 15.4 Å². The third-order valence-electron chi connectivity index (χ3n) is 4.09. The van der Waals surface area contributed by atoms with Gasteiger partial charge in [0, 0.05) is 0 Å². The zero-order valence-corrected chi connectivity index (χ0v) is 19.7. The Balaban J connectivity index is 2.49. The van der Waals surface area contributed by atoms with Crippen LogP contribution in [0.25, 0.3) is 0 Å². The van der Waals surface area contributed by atoms with Crippen LogP contribution in [0.1, 0.15) is 49.3 Å². The lowest BCUT2D eigenvalue weighted by atomic mass is 10.0. The molecule has 1 aromatic heterocycles. The van der Waals surface area contributed by atoms with Crippen molar-refractivity contribution in [2.45, 2.75) is 45.5 Å². The molecule has 0 bridgehead atoms. The molecule has 2 aromatic rings. The predicted molar refractivity (Wildman–Crippen MR) is 117 cm³/mol. The number of pyridine rings is 1. The van der Waals surface area contributed by atoms with Gasteiger partial charge in [0.2, 0.25) is 11.7 Å². The minimum atomic E-state index is -5.06. The molecule has 0 aliphatic heterocycles. The van der Waals surface area contributed by atoms with E-state index in [1.54, 1.807) is 20.8 Å². The topological polar surface area (TPSA) is 97.4 Å². The average molecular weight is 524 g/mol. The number of alkyl halides is 3. The Bertz CT molecular complexity index is 1110. The van der Waals surface area contributed by atoms with Gasteiger partial charge in [-0.25, -0.2) is 14.2 Å². The molecule has 2 rings (SSSR count). The van der Waals surface area contributed by atoms with Gasteiger partial charge in [-0.3, -0.25) is 9.59 Å². The second kappa shape index (κ2) is 10.1. The smallest absolute Gasteiger partial charge is 0.434 e. The van der Waals surface area contributed by atoms with Crippen molar-refractivity contribution in [3.05, 3.63) is 57.1 Å². The molecular formula is C21H19Cl2F4N3O4. The Hall–Kier alpha value is -2.92. The minimum Gasteiger partial charge on any atom is -0.444 e. The SMILES string of the molecule is C[C@H](NC(=O)OC(C)(C)C)C(=O)Nc1cnc(C(F)(F)F)c(Cl)c1C(=O)c1c(F)cccc1Cl. The van der Waals surface area contributed by atoms with Gasteiger partial charge in [-0.2, -0.15) is 13.2 Å². The van der Waals surface area contributed by atoms with Crippen molar-refractivity contribution in [1.82, 2.24) is 10.3 Å². The summed E-state index contributed by atoms with van der Waals surface area (Å²) in [6, 6.07) is 1.97. The normalized spacial score (nSPS) is 12.6. The standard InChI is InChI=1S/C21H19Cl2F4N3O4/c1-9(29-19(33)34-20(2,3)4)18(32)30-12-8-28-17(21(25,26)27)15(23)14(12)16(31)13-10(22)6-5-7-11(13)24/h5-9H,1-4H3,(H,29,33)(H,30,32)/t9-/m0/s1. The molecule has 0 saturated heterocycles. The molecule has 0 saturated carbocycles. The molecule has 0 unspecified atom stereocenters. The zero-order valence-electron chi connectivity index (χ0n) is 18.2. The number of amides is 2. The zero-order chi connectivity index (χ0) is 26.0. The number of ketones is 1. The summed E-state index contributed by atoms with van der Waals surface area (Å²) in [6.07, 6.45) is -5.44. The van der Waals surface area contributed by atoms with Crippen molar-refractivity contribution in [3.63, 3.8) is 0 Å². The van der Waals surface area contributed by atoms with E-state index >= 15 is 0 Å². The summed E-state index contributed by atoms with van der Waals surface area (Å²) in [5, 5.41) is 2.86. The van der Waals surface area contributed by atoms with Crippen molar-refractivity contribution in [2.24, 2.45) is 0 Å². The van der Waals surface area contributed by atoms with Crippen LogP contribution in [-0.4, -0.2) is 34.4 Å². The first kappa shape index (κ1) is 27.3. The van der Waals surface area contributed by atoms with E-state index in [-0.39, 0.29) is 5.02 Å². The Kier molecular flexibility index (Phi) is 8.15. The van der Waals surface area contributed by atoms with E-state index in [1.807, 2.05) is 0 Å². The fourth-order valence-electron chi connectivity index (χ4n) is 2.63. The maximum Gasteiger partial charge on any atom is 0.434 e. The molecule has 0 aliphatic carbocycles. The number of halogens is 6. The van der Waals surface area contributed by atoms with Gasteiger partial charge in [-0.05, 0) is 39.8 Å². The van der Waals surface area contributed by atoms with Gasteiger partial charge >= 0.3 is 12.3 Å². The number of carbonyl (C=O) groups excluding carboxylic acids is 3. The summed E-state index contributed by atoms with van der Waals surface area (Å²) in [6.45, 7) is 6.05. The Labute approximate surface area is 201 Å². The number of hydrogen-bond donors (Lipinski definition) is 2. The fourth-order valence-corrected chi connectivity index (χ4v) is 3.22. The number of nitrogens with one attached hydrogen (secondary N) is 2. The van der Waals surface area contributed by atoms with Gasteiger partial charge in [-0.1, -0.05) is 29.3 Å². The number of ether oxygens (including phenoxy) is 1. The number of anilines is 1. The van der Waals surface area contributed by atoms with E-state index in [0.717, 1.165) is 12.1 Å². The number of hydrogen-bond acceptors (Lipinski definition) is 5. The lowest BCUT2D eigenvalue weighted by Crippen LogP contribution is -2.44. The highest BCUT2D eigenvalue weighted by atomic mass is 35.5. The van der Waals surface area contributed by atoms with E-state index in [1.165, 1.54) is 13.0 Å². The van der Waals surface area contributed by atoms with E-state index < -0.39 is 69.0 Å². The van der Waals surface area contributed by atoms with Crippen LogP contribution < -0.4 is 10.6 Å². The molecule has 1 atom stereocenters. The molecule has 7 nitrogen and oxygen atoms in total. The molecule has 2 amide bonds. The van der Waals surface area contributed by atoms with Gasteiger partial charge in [0.1, 0.15) is 17.5 Å². The van der Waals surface area contributed by atoms with Crippen molar-refractivity contribution < 1.29 is 36.7 Å². The first-order chi connectivity index (χ1) is 15.5. The van der Waals surface area contributed by atoms with E-state index in [0.29, 0.717) is 6.20 Å². The van der Waals surface area contributed by atoms with Crippen LogP contribution in [0, 0.1) is 5.82 Å². The molecule has 0 fully saturated rings. The molecule has 34 heavy (non-hydrogen) atoms.